The van der Waals surface area contributed by atoms with Crippen molar-refractivity contribution in [3.05, 3.63) is 78.1 Å². The van der Waals surface area contributed by atoms with Gasteiger partial charge in [-0.1, -0.05) is 11.2 Å². The number of anilines is 1. The first-order valence-electron chi connectivity index (χ1n) is 9.46. The highest BCUT2D eigenvalue weighted by molar-refractivity contribution is 7.46. The smallest absolute Gasteiger partial charge is 0.421 e. The number of rotatable bonds is 8. The SMILES string of the molecule is Nc1c(-c2cc(Cc3ccc(Oc4ncccn4)c(F)c3)no2)ccc[n+]1COP(=O)(O)O. The highest BCUT2D eigenvalue weighted by atomic mass is 31.2. The number of phosphoric acid groups is 1. The fourth-order valence-corrected chi connectivity index (χ4v) is 3.20. The second kappa shape index (κ2) is 9.43. The molecule has 170 valence electrons. The number of pyridine rings is 1. The van der Waals surface area contributed by atoms with E-state index in [1.54, 1.807) is 30.3 Å². The molecule has 1 aromatic carbocycles. The number of ether oxygens (including phenoxy) is 1. The van der Waals surface area contributed by atoms with Crippen LogP contribution in [0.1, 0.15) is 11.3 Å². The molecule has 0 aliphatic rings. The second-order valence-electron chi connectivity index (χ2n) is 6.78. The van der Waals surface area contributed by atoms with Crippen molar-refractivity contribution in [2.24, 2.45) is 0 Å². The van der Waals surface area contributed by atoms with Crippen LogP contribution >= 0.6 is 7.82 Å². The summed E-state index contributed by atoms with van der Waals surface area (Å²) in [5.41, 5.74) is 7.67. The third kappa shape index (κ3) is 5.76. The molecule has 3 aromatic heterocycles. The Hall–Kier alpha value is -3.70. The van der Waals surface area contributed by atoms with Gasteiger partial charge in [-0.15, -0.1) is 0 Å². The molecule has 0 fully saturated rings. The van der Waals surface area contributed by atoms with Crippen LogP contribution in [0.4, 0.5) is 10.2 Å². The van der Waals surface area contributed by atoms with Crippen molar-refractivity contribution in [1.82, 2.24) is 15.1 Å². The van der Waals surface area contributed by atoms with E-state index in [-0.39, 0.29) is 24.0 Å². The third-order valence-electron chi connectivity index (χ3n) is 4.43. The third-order valence-corrected chi connectivity index (χ3v) is 4.88. The monoisotopic (exact) mass is 474 g/mol. The number of hydrogen-bond acceptors (Lipinski definition) is 8. The molecule has 0 spiro atoms. The summed E-state index contributed by atoms with van der Waals surface area (Å²) < 4.78 is 41.9. The minimum absolute atomic E-state index is 0.00932. The Balaban J connectivity index is 1.48. The molecule has 0 aliphatic heterocycles. The second-order valence-corrected chi connectivity index (χ2v) is 8.02. The van der Waals surface area contributed by atoms with Gasteiger partial charge in [-0.3, -0.25) is 5.73 Å². The molecule has 33 heavy (non-hydrogen) atoms. The lowest BCUT2D eigenvalue weighted by atomic mass is 10.1. The van der Waals surface area contributed by atoms with Gasteiger partial charge in [0.1, 0.15) is 5.56 Å². The average Bonchev–Trinajstić information content (AvgIpc) is 3.23. The van der Waals surface area contributed by atoms with Gasteiger partial charge in [0.2, 0.25) is 6.73 Å². The lowest BCUT2D eigenvalue weighted by Crippen LogP contribution is -2.38. The summed E-state index contributed by atoms with van der Waals surface area (Å²) in [4.78, 5) is 25.5. The molecule has 4 N–H and O–H groups in total. The molecule has 0 unspecified atom stereocenters. The van der Waals surface area contributed by atoms with Crippen LogP contribution in [0.3, 0.4) is 0 Å². The van der Waals surface area contributed by atoms with E-state index in [0.717, 1.165) is 0 Å². The van der Waals surface area contributed by atoms with Gasteiger partial charge in [0.15, 0.2) is 17.3 Å². The summed E-state index contributed by atoms with van der Waals surface area (Å²) >= 11 is 0. The molecule has 13 heteroatoms. The maximum absolute atomic E-state index is 14.5. The predicted molar refractivity (Wildman–Crippen MR) is 111 cm³/mol. The minimum Gasteiger partial charge on any atom is -0.421 e. The maximum Gasteiger partial charge on any atom is 0.472 e. The van der Waals surface area contributed by atoms with Crippen molar-refractivity contribution < 1.29 is 37.1 Å². The zero-order chi connectivity index (χ0) is 23.4. The van der Waals surface area contributed by atoms with Crippen LogP contribution in [0.15, 0.2) is 65.6 Å². The van der Waals surface area contributed by atoms with Crippen LogP contribution < -0.4 is 15.0 Å². The van der Waals surface area contributed by atoms with Crippen molar-refractivity contribution in [1.29, 1.82) is 0 Å². The van der Waals surface area contributed by atoms with Crippen molar-refractivity contribution in [3.63, 3.8) is 0 Å². The van der Waals surface area contributed by atoms with Gasteiger partial charge in [-0.25, -0.2) is 28.0 Å². The van der Waals surface area contributed by atoms with Crippen LogP contribution in [0.5, 0.6) is 11.8 Å². The molecular formula is C20H18FN5O6P+. The lowest BCUT2D eigenvalue weighted by molar-refractivity contribution is -0.711. The topological polar surface area (TPSA) is 158 Å². The minimum atomic E-state index is -4.66. The number of aromatic nitrogens is 4. The first kappa shape index (κ1) is 22.5. The van der Waals surface area contributed by atoms with Crippen LogP contribution in [0.2, 0.25) is 0 Å². The Labute approximate surface area is 186 Å². The number of phosphoric ester groups is 1. The standard InChI is InChI=1S/C20H17FN5O6P/c21-16-10-13(4-5-17(16)31-20-23-6-2-7-24-20)9-14-11-18(32-25-14)15-3-1-8-26(19(15)22)12-30-33(27,28)29/h1-8,10-11,22H,9,12H2,(H2,27,28,29)/p+1. The van der Waals surface area contributed by atoms with E-state index in [2.05, 4.69) is 19.6 Å². The van der Waals surface area contributed by atoms with E-state index < -0.39 is 20.4 Å². The molecule has 0 atom stereocenters. The van der Waals surface area contributed by atoms with Gasteiger partial charge >= 0.3 is 13.8 Å². The first-order chi connectivity index (χ1) is 15.8. The van der Waals surface area contributed by atoms with Crippen molar-refractivity contribution >= 4 is 13.6 Å². The number of nitrogens with two attached hydrogens (primary N) is 1. The fourth-order valence-electron chi connectivity index (χ4n) is 2.93. The van der Waals surface area contributed by atoms with Gasteiger partial charge in [0, 0.05) is 24.9 Å². The van der Waals surface area contributed by atoms with Crippen LogP contribution in [0, 0.1) is 5.82 Å². The Morgan fingerprint density at radius 1 is 1.15 bits per heavy atom. The number of hydrogen-bond donors (Lipinski definition) is 3. The molecule has 4 aromatic rings. The summed E-state index contributed by atoms with van der Waals surface area (Å²) in [6.07, 6.45) is 4.75. The molecule has 0 amide bonds. The molecule has 0 saturated heterocycles. The van der Waals surface area contributed by atoms with Gasteiger partial charge in [-0.05, 0) is 35.9 Å². The number of halogens is 1. The van der Waals surface area contributed by atoms with Crippen molar-refractivity contribution in [3.8, 4) is 23.1 Å². The molecular weight excluding hydrogens is 456 g/mol. The van der Waals surface area contributed by atoms with Gasteiger partial charge < -0.3 is 19.0 Å². The molecule has 0 radical (unpaired) electrons. The predicted octanol–water partition coefficient (Wildman–Crippen LogP) is 2.59. The zero-order valence-corrected chi connectivity index (χ0v) is 17.8. The average molecular weight is 474 g/mol. The van der Waals surface area contributed by atoms with E-state index in [0.29, 0.717) is 22.6 Å². The van der Waals surface area contributed by atoms with E-state index in [4.69, 9.17) is 24.8 Å². The Morgan fingerprint density at radius 2 is 1.94 bits per heavy atom. The molecule has 0 saturated carbocycles. The molecule has 3 heterocycles. The quantitative estimate of drug-likeness (QED) is 0.256. The van der Waals surface area contributed by atoms with E-state index >= 15 is 0 Å². The normalized spacial score (nSPS) is 11.5. The lowest BCUT2D eigenvalue weighted by Gasteiger charge is -2.07. The summed E-state index contributed by atoms with van der Waals surface area (Å²) in [6.45, 7) is -0.452. The largest absolute Gasteiger partial charge is 0.472 e. The fraction of sp³-hybridized carbons (Fsp3) is 0.100. The van der Waals surface area contributed by atoms with Gasteiger partial charge in [0.05, 0.1) is 11.9 Å². The molecule has 4 rings (SSSR count). The van der Waals surface area contributed by atoms with E-state index in [1.165, 1.54) is 35.3 Å². The van der Waals surface area contributed by atoms with Crippen LogP contribution in [0.25, 0.3) is 11.3 Å². The van der Waals surface area contributed by atoms with E-state index in [9.17, 15) is 8.96 Å². The summed E-state index contributed by atoms with van der Waals surface area (Å²) in [7, 11) is -4.66. The number of nitrogens with zero attached hydrogens (tertiary/aromatic N) is 4. The Kier molecular flexibility index (Phi) is 6.43. The summed E-state index contributed by atoms with van der Waals surface area (Å²) in [6, 6.07) is 11.0. The highest BCUT2D eigenvalue weighted by Gasteiger charge is 2.21. The zero-order valence-electron chi connectivity index (χ0n) is 16.9. The van der Waals surface area contributed by atoms with Crippen molar-refractivity contribution in [2.45, 2.75) is 13.2 Å². The van der Waals surface area contributed by atoms with Crippen LogP contribution in [-0.2, 0) is 22.2 Å². The highest BCUT2D eigenvalue weighted by Crippen LogP contribution is 2.35. The Bertz CT molecular complexity index is 1310. The van der Waals surface area contributed by atoms with Gasteiger partial charge in [0.25, 0.3) is 5.82 Å². The Morgan fingerprint density at radius 3 is 2.67 bits per heavy atom. The van der Waals surface area contributed by atoms with E-state index in [1.807, 2.05) is 0 Å². The first-order valence-corrected chi connectivity index (χ1v) is 11.0. The molecule has 0 aliphatic carbocycles. The maximum atomic E-state index is 14.5. The summed E-state index contributed by atoms with van der Waals surface area (Å²) in [5.74, 6) is -0.106. The van der Waals surface area contributed by atoms with Crippen molar-refractivity contribution in [2.75, 3.05) is 5.73 Å². The van der Waals surface area contributed by atoms with Crippen LogP contribution in [-0.4, -0.2) is 24.9 Å². The molecule has 0 bridgehead atoms. The van der Waals surface area contributed by atoms with Gasteiger partial charge in [-0.2, -0.15) is 0 Å². The molecule has 11 nitrogen and oxygen atoms in total. The summed E-state index contributed by atoms with van der Waals surface area (Å²) in [5, 5.41) is 3.99. The number of benzene rings is 1. The number of nitrogen functional groups attached to an aromatic ring is 1.